The lowest BCUT2D eigenvalue weighted by atomic mass is 9.96. The number of hydrogen-bond donors (Lipinski definition) is 1. The summed E-state index contributed by atoms with van der Waals surface area (Å²) in [5.41, 5.74) is 0. The normalized spacial score (nSPS) is 28.6. The molecule has 1 rings (SSSR count). The molecular weight excluding hydrogens is 338 g/mol. The molecule has 1 saturated heterocycles. The van der Waals surface area contributed by atoms with Crippen molar-refractivity contribution >= 4 is 23.8 Å². The molecule has 1 amide bonds. The molecule has 0 aromatic carbocycles. The minimum Gasteiger partial charge on any atom is -0.463 e. The van der Waals surface area contributed by atoms with Gasteiger partial charge in [-0.3, -0.25) is 19.2 Å². The maximum Gasteiger partial charge on any atom is 0.303 e. The van der Waals surface area contributed by atoms with Crippen LogP contribution < -0.4 is 5.32 Å². The van der Waals surface area contributed by atoms with Crippen LogP contribution in [0.4, 0.5) is 0 Å². The number of hydrogen-bond acceptors (Lipinski definition) is 9. The molecule has 0 aromatic heterocycles. The molecule has 1 heterocycles. The molecule has 1 N–H and O–H groups in total. The number of ether oxygens (including phenoxy) is 5. The van der Waals surface area contributed by atoms with Crippen LogP contribution in [0.15, 0.2) is 0 Å². The molecule has 0 radical (unpaired) electrons. The third kappa shape index (κ3) is 6.31. The van der Waals surface area contributed by atoms with Crippen LogP contribution >= 0.6 is 0 Å². The van der Waals surface area contributed by atoms with Gasteiger partial charge in [-0.15, -0.1) is 0 Å². The first-order chi connectivity index (χ1) is 11.6. The molecule has 0 spiro atoms. The van der Waals surface area contributed by atoms with Gasteiger partial charge in [0.15, 0.2) is 18.5 Å². The molecule has 0 saturated carbocycles. The fourth-order valence-corrected chi connectivity index (χ4v) is 2.49. The van der Waals surface area contributed by atoms with Crippen molar-refractivity contribution in [2.75, 3.05) is 13.7 Å². The summed E-state index contributed by atoms with van der Waals surface area (Å²) in [6.45, 7) is 4.57. The Morgan fingerprint density at radius 1 is 0.920 bits per heavy atom. The van der Waals surface area contributed by atoms with Crippen molar-refractivity contribution in [2.45, 2.75) is 58.3 Å². The fourth-order valence-electron chi connectivity index (χ4n) is 2.49. The molecule has 10 heteroatoms. The van der Waals surface area contributed by atoms with Gasteiger partial charge >= 0.3 is 17.9 Å². The lowest BCUT2D eigenvalue weighted by molar-refractivity contribution is -0.271. The van der Waals surface area contributed by atoms with Crippen LogP contribution in [0.1, 0.15) is 27.7 Å². The fraction of sp³-hybridized carbons (Fsp3) is 0.733. The Bertz CT molecular complexity index is 521. The first-order valence-corrected chi connectivity index (χ1v) is 7.58. The largest absolute Gasteiger partial charge is 0.463 e. The first kappa shape index (κ1) is 20.8. The molecule has 10 nitrogen and oxygen atoms in total. The van der Waals surface area contributed by atoms with Crippen molar-refractivity contribution in [2.24, 2.45) is 0 Å². The van der Waals surface area contributed by atoms with E-state index < -0.39 is 54.5 Å². The van der Waals surface area contributed by atoms with Crippen molar-refractivity contribution in [3.8, 4) is 0 Å². The van der Waals surface area contributed by atoms with Gasteiger partial charge in [-0.2, -0.15) is 0 Å². The Labute approximate surface area is 145 Å². The summed E-state index contributed by atoms with van der Waals surface area (Å²) in [7, 11) is 1.33. The second-order valence-corrected chi connectivity index (χ2v) is 5.46. The van der Waals surface area contributed by atoms with Gasteiger partial charge in [0, 0.05) is 34.8 Å². The Morgan fingerprint density at radius 2 is 1.48 bits per heavy atom. The van der Waals surface area contributed by atoms with Gasteiger partial charge in [0.25, 0.3) is 0 Å². The van der Waals surface area contributed by atoms with Crippen LogP contribution in [-0.2, 0) is 42.9 Å². The number of amides is 1. The molecule has 0 bridgehead atoms. The van der Waals surface area contributed by atoms with Crippen LogP contribution in [0.2, 0.25) is 0 Å². The topological polar surface area (TPSA) is 126 Å². The highest BCUT2D eigenvalue weighted by molar-refractivity contribution is 5.73. The van der Waals surface area contributed by atoms with Gasteiger partial charge < -0.3 is 29.0 Å². The highest BCUT2D eigenvalue weighted by Gasteiger charge is 2.50. The number of methoxy groups -OCH3 is 1. The van der Waals surface area contributed by atoms with Gasteiger partial charge in [-0.05, 0) is 0 Å². The summed E-state index contributed by atoms with van der Waals surface area (Å²) >= 11 is 0. The molecule has 5 atom stereocenters. The van der Waals surface area contributed by atoms with Gasteiger partial charge in [0.05, 0.1) is 0 Å². The van der Waals surface area contributed by atoms with Gasteiger partial charge in [-0.25, -0.2) is 0 Å². The number of carbonyl (C=O) groups is 4. The summed E-state index contributed by atoms with van der Waals surface area (Å²) in [4.78, 5) is 45.5. The monoisotopic (exact) mass is 361 g/mol. The van der Waals surface area contributed by atoms with E-state index in [1.807, 2.05) is 0 Å². The summed E-state index contributed by atoms with van der Waals surface area (Å²) < 4.78 is 26.2. The number of nitrogens with one attached hydrogen (secondary N) is 1. The second kappa shape index (κ2) is 9.33. The van der Waals surface area contributed by atoms with E-state index in [0.29, 0.717) is 0 Å². The van der Waals surface area contributed by atoms with Crippen molar-refractivity contribution in [1.82, 2.24) is 5.32 Å². The molecule has 2 unspecified atom stereocenters. The minimum atomic E-state index is -1.11. The SMILES string of the molecule is CO[C@@H]1OC(COC(C)=O)[C@H](OC(C)=O)[C@H](OC(C)=O)C1NC(C)=O. The van der Waals surface area contributed by atoms with E-state index in [0.717, 1.165) is 0 Å². The lowest BCUT2D eigenvalue weighted by Crippen LogP contribution is -2.66. The van der Waals surface area contributed by atoms with Crippen LogP contribution in [0.3, 0.4) is 0 Å². The lowest BCUT2D eigenvalue weighted by Gasteiger charge is -2.44. The Hall–Kier alpha value is -2.20. The van der Waals surface area contributed by atoms with Crippen LogP contribution in [0, 0.1) is 0 Å². The number of esters is 3. The van der Waals surface area contributed by atoms with Gasteiger partial charge in [0.2, 0.25) is 5.91 Å². The molecule has 142 valence electrons. The summed E-state index contributed by atoms with van der Waals surface area (Å²) in [6, 6.07) is -0.927. The highest BCUT2D eigenvalue weighted by atomic mass is 16.7. The third-order valence-corrected chi connectivity index (χ3v) is 3.30. The summed E-state index contributed by atoms with van der Waals surface area (Å²) in [6.07, 6.45) is -4.17. The van der Waals surface area contributed by atoms with E-state index in [1.165, 1.54) is 34.8 Å². The number of carbonyl (C=O) groups excluding carboxylic acids is 4. The maximum atomic E-state index is 11.5. The van der Waals surface area contributed by atoms with E-state index in [9.17, 15) is 19.2 Å². The first-order valence-electron chi connectivity index (χ1n) is 7.58. The average molecular weight is 361 g/mol. The zero-order chi connectivity index (χ0) is 19.1. The molecule has 1 fully saturated rings. The molecule has 25 heavy (non-hydrogen) atoms. The average Bonchev–Trinajstić information content (AvgIpc) is 2.48. The minimum absolute atomic E-state index is 0.252. The van der Waals surface area contributed by atoms with Crippen molar-refractivity contribution in [1.29, 1.82) is 0 Å². The Balaban J connectivity index is 3.18. The van der Waals surface area contributed by atoms with Crippen molar-refractivity contribution < 1.29 is 42.9 Å². The van der Waals surface area contributed by atoms with Crippen LogP contribution in [0.5, 0.6) is 0 Å². The quantitative estimate of drug-likeness (QED) is 0.482. The Kier molecular flexibility index (Phi) is 7.78. The van der Waals surface area contributed by atoms with E-state index in [4.69, 9.17) is 23.7 Å². The van der Waals surface area contributed by atoms with Gasteiger partial charge in [-0.1, -0.05) is 0 Å². The molecular formula is C15H23NO9. The van der Waals surface area contributed by atoms with Crippen LogP contribution in [-0.4, -0.2) is 68.2 Å². The summed E-state index contributed by atoms with van der Waals surface area (Å²) in [5, 5.41) is 2.56. The zero-order valence-corrected chi connectivity index (χ0v) is 14.8. The predicted octanol–water partition coefficient (Wildman–Crippen LogP) is -0.711. The standard InChI is InChI=1S/C15H23NO9/c1-7(17)16-12-14(24-10(4)20)13(23-9(3)19)11(6-22-8(2)18)25-15(12)21-5/h11-15H,6H2,1-5H3,(H,16,17)/t11?,12?,13-,14+,15+/m0/s1. The number of rotatable bonds is 6. The van der Waals surface area contributed by atoms with Crippen LogP contribution in [0.25, 0.3) is 0 Å². The van der Waals surface area contributed by atoms with Gasteiger partial charge in [0.1, 0.15) is 18.8 Å². The molecule has 1 aliphatic rings. The molecule has 0 aliphatic carbocycles. The van der Waals surface area contributed by atoms with E-state index in [1.54, 1.807) is 0 Å². The maximum absolute atomic E-state index is 11.5. The van der Waals surface area contributed by atoms with E-state index in [2.05, 4.69) is 5.32 Å². The predicted molar refractivity (Wildman–Crippen MR) is 81.0 cm³/mol. The highest BCUT2D eigenvalue weighted by Crippen LogP contribution is 2.27. The second-order valence-electron chi connectivity index (χ2n) is 5.46. The molecule has 1 aliphatic heterocycles. The Morgan fingerprint density at radius 3 is 1.92 bits per heavy atom. The molecule has 0 aromatic rings. The van der Waals surface area contributed by atoms with Crippen molar-refractivity contribution in [3.05, 3.63) is 0 Å². The zero-order valence-electron chi connectivity index (χ0n) is 14.8. The van der Waals surface area contributed by atoms with Crippen molar-refractivity contribution in [3.63, 3.8) is 0 Å². The third-order valence-electron chi connectivity index (χ3n) is 3.30. The smallest absolute Gasteiger partial charge is 0.303 e. The van der Waals surface area contributed by atoms with E-state index in [-0.39, 0.29) is 6.61 Å². The van der Waals surface area contributed by atoms with E-state index >= 15 is 0 Å². The summed E-state index contributed by atoms with van der Waals surface area (Å²) in [5.74, 6) is -2.29.